The van der Waals surface area contributed by atoms with E-state index in [1.165, 1.54) is 6.08 Å². The Hall–Kier alpha value is -1.83. The molecule has 0 aliphatic carbocycles. The molecule has 1 aromatic rings. The number of benzene rings is 1. The highest BCUT2D eigenvalue weighted by Gasteiger charge is 2.12. The van der Waals surface area contributed by atoms with Crippen molar-refractivity contribution in [1.82, 2.24) is 0 Å². The van der Waals surface area contributed by atoms with Gasteiger partial charge in [0.25, 0.3) is 0 Å². The van der Waals surface area contributed by atoms with Gasteiger partial charge in [-0.25, -0.2) is 4.79 Å². The molecule has 2 rings (SSSR count). The minimum absolute atomic E-state index is 0.206. The number of cyclic esters (lactones) is 1. The fraction of sp³-hybridized carbons (Fsp3) is 0.0833. The average Bonchev–Trinajstić information content (AvgIpc) is 2.63. The van der Waals surface area contributed by atoms with Crippen LogP contribution in [0.2, 0.25) is 0 Å². The Balaban J connectivity index is 2.02. The van der Waals surface area contributed by atoms with Crippen molar-refractivity contribution in [2.75, 3.05) is 0 Å². The molecule has 0 radical (unpaired) electrons. The zero-order valence-electron chi connectivity index (χ0n) is 7.59. The molecule has 0 spiro atoms. The van der Waals surface area contributed by atoms with E-state index in [4.69, 9.17) is 4.74 Å². The van der Waals surface area contributed by atoms with Crippen LogP contribution in [-0.2, 0) is 9.53 Å². The Morgan fingerprint density at radius 2 is 2.00 bits per heavy atom. The third-order valence-electron chi connectivity index (χ3n) is 1.95. The maximum Gasteiger partial charge on any atom is 0.331 e. The summed E-state index contributed by atoms with van der Waals surface area (Å²) in [7, 11) is 0. The first-order valence-electron chi connectivity index (χ1n) is 4.47. The van der Waals surface area contributed by atoms with Gasteiger partial charge < -0.3 is 4.74 Å². The van der Waals surface area contributed by atoms with Gasteiger partial charge in [-0.2, -0.15) is 0 Å². The van der Waals surface area contributed by atoms with Crippen LogP contribution in [0.3, 0.4) is 0 Å². The summed E-state index contributed by atoms with van der Waals surface area (Å²) in [6.07, 6.45) is 6.77. The highest BCUT2D eigenvalue weighted by Crippen LogP contribution is 2.09. The van der Waals surface area contributed by atoms with Crippen LogP contribution in [0.25, 0.3) is 6.08 Å². The minimum atomic E-state index is -0.271. The van der Waals surface area contributed by atoms with Crippen molar-refractivity contribution in [3.8, 4) is 0 Å². The molecule has 0 amide bonds. The summed E-state index contributed by atoms with van der Waals surface area (Å²) >= 11 is 0. The molecule has 0 saturated heterocycles. The molecule has 1 atom stereocenters. The molecule has 1 unspecified atom stereocenters. The summed E-state index contributed by atoms with van der Waals surface area (Å²) in [6, 6.07) is 9.90. The lowest BCUT2D eigenvalue weighted by molar-refractivity contribution is -0.137. The summed E-state index contributed by atoms with van der Waals surface area (Å²) in [4.78, 5) is 10.7. The van der Waals surface area contributed by atoms with Crippen molar-refractivity contribution >= 4 is 12.0 Å². The van der Waals surface area contributed by atoms with Crippen LogP contribution in [0.15, 0.2) is 48.6 Å². The lowest BCUT2D eigenvalue weighted by atomic mass is 10.2. The van der Waals surface area contributed by atoms with Crippen LogP contribution in [-0.4, -0.2) is 12.1 Å². The largest absolute Gasteiger partial charge is 0.451 e. The van der Waals surface area contributed by atoms with Crippen LogP contribution in [0.4, 0.5) is 0 Å². The molecule has 0 aromatic heterocycles. The molecule has 0 fully saturated rings. The van der Waals surface area contributed by atoms with Gasteiger partial charge in [0.2, 0.25) is 0 Å². The molecular weight excluding hydrogens is 176 g/mol. The molecular formula is C12H10O2. The van der Waals surface area contributed by atoms with Crippen molar-refractivity contribution < 1.29 is 9.53 Å². The molecule has 1 aliphatic heterocycles. The molecule has 1 heterocycles. The molecule has 0 saturated carbocycles. The SMILES string of the molecule is O=C1C=CC(/C=C/c2ccccc2)O1. The monoisotopic (exact) mass is 186 g/mol. The van der Waals surface area contributed by atoms with Crippen molar-refractivity contribution in [2.24, 2.45) is 0 Å². The van der Waals surface area contributed by atoms with E-state index in [1.54, 1.807) is 6.08 Å². The van der Waals surface area contributed by atoms with E-state index in [2.05, 4.69) is 0 Å². The van der Waals surface area contributed by atoms with E-state index in [0.717, 1.165) is 5.56 Å². The Kier molecular flexibility index (Phi) is 2.45. The molecule has 1 aromatic carbocycles. The normalized spacial score (nSPS) is 20.3. The Bertz CT molecular complexity index is 377. The van der Waals surface area contributed by atoms with Crippen molar-refractivity contribution in [2.45, 2.75) is 6.10 Å². The lowest BCUT2D eigenvalue weighted by Crippen LogP contribution is -2.02. The number of rotatable bonds is 2. The molecule has 0 N–H and O–H groups in total. The van der Waals surface area contributed by atoms with E-state index >= 15 is 0 Å². The molecule has 0 bridgehead atoms. The number of carbonyl (C=O) groups excluding carboxylic acids is 1. The van der Waals surface area contributed by atoms with Gasteiger partial charge in [-0.3, -0.25) is 0 Å². The van der Waals surface area contributed by atoms with Crippen LogP contribution in [0.5, 0.6) is 0 Å². The van der Waals surface area contributed by atoms with Gasteiger partial charge >= 0.3 is 5.97 Å². The number of hydrogen-bond acceptors (Lipinski definition) is 2. The second-order valence-electron chi connectivity index (χ2n) is 3.03. The van der Waals surface area contributed by atoms with Crippen molar-refractivity contribution in [3.05, 3.63) is 54.1 Å². The molecule has 14 heavy (non-hydrogen) atoms. The zero-order chi connectivity index (χ0) is 9.80. The quantitative estimate of drug-likeness (QED) is 0.662. The Morgan fingerprint density at radius 3 is 2.64 bits per heavy atom. The van der Waals surface area contributed by atoms with E-state index in [-0.39, 0.29) is 12.1 Å². The maximum atomic E-state index is 10.7. The van der Waals surface area contributed by atoms with Gasteiger partial charge in [0, 0.05) is 6.08 Å². The fourth-order valence-electron chi connectivity index (χ4n) is 1.26. The molecule has 2 nitrogen and oxygen atoms in total. The van der Waals surface area contributed by atoms with Gasteiger partial charge in [-0.15, -0.1) is 0 Å². The summed E-state index contributed by atoms with van der Waals surface area (Å²) in [5.74, 6) is -0.271. The van der Waals surface area contributed by atoms with Gasteiger partial charge in [-0.1, -0.05) is 36.4 Å². The lowest BCUT2D eigenvalue weighted by Gasteiger charge is -2.00. The maximum absolute atomic E-state index is 10.7. The topological polar surface area (TPSA) is 26.3 Å². The third-order valence-corrected chi connectivity index (χ3v) is 1.95. The number of ether oxygens (including phenoxy) is 1. The van der Waals surface area contributed by atoms with Crippen LogP contribution in [0, 0.1) is 0 Å². The van der Waals surface area contributed by atoms with Gasteiger partial charge in [0.15, 0.2) is 0 Å². The van der Waals surface area contributed by atoms with E-state index in [1.807, 2.05) is 42.5 Å². The second kappa shape index (κ2) is 3.92. The number of hydrogen-bond donors (Lipinski definition) is 0. The second-order valence-corrected chi connectivity index (χ2v) is 3.03. The predicted octanol–water partition coefficient (Wildman–Crippen LogP) is 2.18. The van der Waals surface area contributed by atoms with E-state index < -0.39 is 0 Å². The first-order valence-corrected chi connectivity index (χ1v) is 4.47. The van der Waals surface area contributed by atoms with E-state index in [0.29, 0.717) is 0 Å². The van der Waals surface area contributed by atoms with Gasteiger partial charge in [0.05, 0.1) is 0 Å². The summed E-state index contributed by atoms with van der Waals surface area (Å²) in [6.45, 7) is 0. The third kappa shape index (κ3) is 2.10. The Labute approximate surface area is 82.5 Å². The van der Waals surface area contributed by atoms with Crippen molar-refractivity contribution in [1.29, 1.82) is 0 Å². The molecule has 70 valence electrons. The number of esters is 1. The first-order chi connectivity index (χ1) is 6.84. The minimum Gasteiger partial charge on any atom is -0.451 e. The highest BCUT2D eigenvalue weighted by atomic mass is 16.5. The summed E-state index contributed by atoms with van der Waals surface area (Å²) in [5, 5.41) is 0. The standard InChI is InChI=1S/C12H10O2/c13-12-9-8-11(14-12)7-6-10-4-2-1-3-5-10/h1-9,11H/b7-6+. The number of carbonyl (C=O) groups is 1. The smallest absolute Gasteiger partial charge is 0.331 e. The van der Waals surface area contributed by atoms with E-state index in [9.17, 15) is 4.79 Å². The van der Waals surface area contributed by atoms with Crippen molar-refractivity contribution in [3.63, 3.8) is 0 Å². The zero-order valence-corrected chi connectivity index (χ0v) is 7.59. The summed E-state index contributed by atoms with van der Waals surface area (Å²) in [5.41, 5.74) is 1.10. The average molecular weight is 186 g/mol. The summed E-state index contributed by atoms with van der Waals surface area (Å²) < 4.78 is 4.95. The van der Waals surface area contributed by atoms with Crippen LogP contribution >= 0.6 is 0 Å². The molecule has 2 heteroatoms. The predicted molar refractivity (Wildman–Crippen MR) is 54.5 cm³/mol. The van der Waals surface area contributed by atoms with Gasteiger partial charge in [0.1, 0.15) is 6.10 Å². The van der Waals surface area contributed by atoms with Crippen LogP contribution < -0.4 is 0 Å². The van der Waals surface area contributed by atoms with Crippen LogP contribution in [0.1, 0.15) is 5.56 Å². The highest BCUT2D eigenvalue weighted by molar-refractivity contribution is 5.84. The van der Waals surface area contributed by atoms with Gasteiger partial charge in [-0.05, 0) is 17.7 Å². The first kappa shape index (κ1) is 8.75. The Morgan fingerprint density at radius 1 is 1.21 bits per heavy atom. The fourth-order valence-corrected chi connectivity index (χ4v) is 1.26. The molecule has 1 aliphatic rings.